The van der Waals surface area contributed by atoms with Gasteiger partial charge in [0.1, 0.15) is 11.5 Å². The number of phenols is 1. The Hall–Kier alpha value is -1.87. The van der Waals surface area contributed by atoms with Gasteiger partial charge in [0.05, 0.1) is 18.3 Å². The summed E-state index contributed by atoms with van der Waals surface area (Å²) >= 11 is 6.07. The summed E-state index contributed by atoms with van der Waals surface area (Å²) < 4.78 is 5.72. The molecule has 0 heterocycles. The van der Waals surface area contributed by atoms with Crippen LogP contribution in [-0.2, 0) is 0 Å². The summed E-state index contributed by atoms with van der Waals surface area (Å²) in [6.45, 7) is 4.70. The summed E-state index contributed by atoms with van der Waals surface area (Å²) in [7, 11) is 0. The SMILES string of the molecule is CCCOc1ccc(Cl)cc1NC(C)c1ccccc1O. The van der Waals surface area contributed by atoms with Gasteiger partial charge in [-0.05, 0) is 37.6 Å². The van der Waals surface area contributed by atoms with Crippen molar-refractivity contribution in [3.63, 3.8) is 0 Å². The lowest BCUT2D eigenvalue weighted by molar-refractivity contribution is 0.318. The lowest BCUT2D eigenvalue weighted by atomic mass is 10.1. The largest absolute Gasteiger partial charge is 0.508 e. The van der Waals surface area contributed by atoms with Crippen LogP contribution < -0.4 is 10.1 Å². The molecular weight excluding hydrogens is 286 g/mol. The molecular formula is C17H20ClNO2. The third-order valence-electron chi connectivity index (χ3n) is 3.18. The van der Waals surface area contributed by atoms with Crippen LogP contribution in [0.3, 0.4) is 0 Å². The number of para-hydroxylation sites is 1. The van der Waals surface area contributed by atoms with E-state index in [2.05, 4.69) is 12.2 Å². The molecule has 21 heavy (non-hydrogen) atoms. The molecule has 0 bridgehead atoms. The van der Waals surface area contributed by atoms with Gasteiger partial charge in [0.25, 0.3) is 0 Å². The molecule has 0 spiro atoms. The minimum absolute atomic E-state index is 0.0614. The van der Waals surface area contributed by atoms with E-state index in [1.807, 2.05) is 37.3 Å². The highest BCUT2D eigenvalue weighted by Gasteiger charge is 2.12. The maximum atomic E-state index is 9.93. The van der Waals surface area contributed by atoms with E-state index in [0.29, 0.717) is 11.6 Å². The van der Waals surface area contributed by atoms with Crippen molar-refractivity contribution in [2.75, 3.05) is 11.9 Å². The summed E-state index contributed by atoms with van der Waals surface area (Å²) in [5, 5.41) is 13.9. The Morgan fingerprint density at radius 3 is 2.71 bits per heavy atom. The monoisotopic (exact) mass is 305 g/mol. The number of phenolic OH excluding ortho intramolecular Hbond substituents is 1. The second kappa shape index (κ2) is 7.23. The molecule has 0 amide bonds. The van der Waals surface area contributed by atoms with Gasteiger partial charge in [0.2, 0.25) is 0 Å². The number of nitrogens with one attached hydrogen (secondary N) is 1. The zero-order chi connectivity index (χ0) is 15.2. The first-order chi connectivity index (χ1) is 10.1. The first-order valence-electron chi connectivity index (χ1n) is 7.08. The van der Waals surface area contributed by atoms with Crippen LogP contribution in [-0.4, -0.2) is 11.7 Å². The molecule has 0 saturated heterocycles. The van der Waals surface area contributed by atoms with Crippen LogP contribution in [0.2, 0.25) is 5.02 Å². The second-order valence-electron chi connectivity index (χ2n) is 4.91. The molecule has 2 aromatic carbocycles. The topological polar surface area (TPSA) is 41.5 Å². The molecule has 4 heteroatoms. The number of aromatic hydroxyl groups is 1. The minimum atomic E-state index is -0.0614. The van der Waals surface area contributed by atoms with Gasteiger partial charge in [-0.25, -0.2) is 0 Å². The third kappa shape index (κ3) is 4.05. The molecule has 0 aliphatic rings. The summed E-state index contributed by atoms with van der Waals surface area (Å²) in [6, 6.07) is 12.7. The van der Waals surface area contributed by atoms with E-state index in [4.69, 9.17) is 16.3 Å². The van der Waals surface area contributed by atoms with Crippen molar-refractivity contribution in [3.8, 4) is 11.5 Å². The van der Waals surface area contributed by atoms with E-state index < -0.39 is 0 Å². The zero-order valence-electron chi connectivity index (χ0n) is 12.3. The Bertz CT molecular complexity index is 601. The summed E-state index contributed by atoms with van der Waals surface area (Å²) in [6.07, 6.45) is 0.942. The second-order valence-corrected chi connectivity index (χ2v) is 5.35. The predicted molar refractivity (Wildman–Crippen MR) is 87.4 cm³/mol. The van der Waals surface area contributed by atoms with Gasteiger partial charge in [-0.15, -0.1) is 0 Å². The fourth-order valence-electron chi connectivity index (χ4n) is 2.12. The minimum Gasteiger partial charge on any atom is -0.508 e. The van der Waals surface area contributed by atoms with Gasteiger partial charge in [0, 0.05) is 10.6 Å². The molecule has 3 nitrogen and oxygen atoms in total. The number of hydrogen-bond donors (Lipinski definition) is 2. The van der Waals surface area contributed by atoms with Crippen molar-refractivity contribution >= 4 is 17.3 Å². The Kier molecular flexibility index (Phi) is 5.34. The highest BCUT2D eigenvalue weighted by molar-refractivity contribution is 6.30. The maximum absolute atomic E-state index is 9.93. The maximum Gasteiger partial charge on any atom is 0.142 e. The number of rotatable bonds is 6. The van der Waals surface area contributed by atoms with Crippen LogP contribution in [0.5, 0.6) is 11.5 Å². The van der Waals surface area contributed by atoms with Crippen molar-refractivity contribution in [2.24, 2.45) is 0 Å². The molecule has 1 unspecified atom stereocenters. The number of anilines is 1. The lowest BCUT2D eigenvalue weighted by Gasteiger charge is -2.19. The highest BCUT2D eigenvalue weighted by Crippen LogP contribution is 2.33. The van der Waals surface area contributed by atoms with E-state index in [0.717, 1.165) is 23.4 Å². The predicted octanol–water partition coefficient (Wildman–Crippen LogP) is 5.01. The fraction of sp³-hybridized carbons (Fsp3) is 0.294. The van der Waals surface area contributed by atoms with E-state index in [1.165, 1.54) is 0 Å². The lowest BCUT2D eigenvalue weighted by Crippen LogP contribution is -2.08. The van der Waals surface area contributed by atoms with E-state index in [9.17, 15) is 5.11 Å². The van der Waals surface area contributed by atoms with E-state index in [-0.39, 0.29) is 11.8 Å². The number of halogens is 1. The normalized spacial score (nSPS) is 12.0. The first-order valence-corrected chi connectivity index (χ1v) is 7.46. The molecule has 1 atom stereocenters. The number of benzene rings is 2. The molecule has 2 rings (SSSR count). The first kappa shape index (κ1) is 15.5. The molecule has 0 saturated carbocycles. The average Bonchev–Trinajstić information content (AvgIpc) is 2.47. The summed E-state index contributed by atoms with van der Waals surface area (Å²) in [5.41, 5.74) is 1.66. The van der Waals surface area contributed by atoms with Crippen LogP contribution in [0.25, 0.3) is 0 Å². The highest BCUT2D eigenvalue weighted by atomic mass is 35.5. The van der Waals surface area contributed by atoms with Gasteiger partial charge >= 0.3 is 0 Å². The van der Waals surface area contributed by atoms with Gasteiger partial charge in [0.15, 0.2) is 0 Å². The molecule has 0 fully saturated rings. The Morgan fingerprint density at radius 2 is 2.00 bits per heavy atom. The van der Waals surface area contributed by atoms with Gasteiger partial charge < -0.3 is 15.2 Å². The Labute approximate surface area is 130 Å². The third-order valence-corrected chi connectivity index (χ3v) is 3.41. The molecule has 0 radical (unpaired) electrons. The smallest absolute Gasteiger partial charge is 0.142 e. The van der Waals surface area contributed by atoms with Crippen LogP contribution in [0, 0.1) is 0 Å². The fourth-order valence-corrected chi connectivity index (χ4v) is 2.29. The zero-order valence-corrected chi connectivity index (χ0v) is 13.0. The number of hydrogen-bond acceptors (Lipinski definition) is 3. The van der Waals surface area contributed by atoms with Crippen LogP contribution >= 0.6 is 11.6 Å². The van der Waals surface area contributed by atoms with Gasteiger partial charge in [-0.2, -0.15) is 0 Å². The molecule has 0 aliphatic carbocycles. The summed E-state index contributed by atoms with van der Waals surface area (Å²) in [4.78, 5) is 0. The quantitative estimate of drug-likeness (QED) is 0.788. The van der Waals surface area contributed by atoms with Crippen LogP contribution in [0.15, 0.2) is 42.5 Å². The van der Waals surface area contributed by atoms with Crippen molar-refractivity contribution in [1.82, 2.24) is 0 Å². The van der Waals surface area contributed by atoms with Gasteiger partial charge in [-0.3, -0.25) is 0 Å². The standard InChI is InChI=1S/C17H20ClNO2/c1-3-10-21-17-9-8-13(18)11-15(17)19-12(2)14-6-4-5-7-16(14)20/h4-9,11-12,19-20H,3,10H2,1-2H3. The van der Waals surface area contributed by atoms with Crippen LogP contribution in [0.4, 0.5) is 5.69 Å². The van der Waals surface area contributed by atoms with Crippen molar-refractivity contribution in [1.29, 1.82) is 0 Å². The molecule has 0 aromatic heterocycles. The Morgan fingerprint density at radius 1 is 1.24 bits per heavy atom. The summed E-state index contributed by atoms with van der Waals surface area (Å²) in [5.74, 6) is 1.04. The molecule has 112 valence electrons. The van der Waals surface area contributed by atoms with Crippen molar-refractivity contribution < 1.29 is 9.84 Å². The van der Waals surface area contributed by atoms with Crippen LogP contribution in [0.1, 0.15) is 31.9 Å². The molecule has 0 aliphatic heterocycles. The Balaban J connectivity index is 2.21. The molecule has 2 aromatic rings. The van der Waals surface area contributed by atoms with Crippen molar-refractivity contribution in [3.05, 3.63) is 53.1 Å². The van der Waals surface area contributed by atoms with E-state index >= 15 is 0 Å². The van der Waals surface area contributed by atoms with Crippen molar-refractivity contribution in [2.45, 2.75) is 26.3 Å². The number of ether oxygens (including phenoxy) is 1. The molecule has 2 N–H and O–H groups in total. The van der Waals surface area contributed by atoms with E-state index in [1.54, 1.807) is 12.1 Å². The van der Waals surface area contributed by atoms with Gasteiger partial charge in [-0.1, -0.05) is 36.7 Å². The average molecular weight is 306 g/mol.